The van der Waals surface area contributed by atoms with Crippen LogP contribution in [-0.2, 0) is 21.5 Å². The lowest BCUT2D eigenvalue weighted by Gasteiger charge is -2.14. The molecule has 112 valence electrons. The zero-order valence-corrected chi connectivity index (χ0v) is 12.8. The number of rotatable bonds is 6. The Morgan fingerprint density at radius 1 is 1.00 bits per heavy atom. The van der Waals surface area contributed by atoms with Gasteiger partial charge in [-0.25, -0.2) is 0 Å². The molecular weight excluding hydrogens is 288 g/mol. The first kappa shape index (κ1) is 15.5. The molecule has 0 aromatic heterocycles. The zero-order chi connectivity index (χ0) is 15.3. The largest absolute Gasteiger partial charge is 0.383 e. The van der Waals surface area contributed by atoms with Crippen molar-refractivity contribution >= 4 is 10.1 Å². The van der Waals surface area contributed by atoms with E-state index in [1.807, 2.05) is 37.3 Å². The minimum absolute atomic E-state index is 0.0857. The van der Waals surface area contributed by atoms with Crippen LogP contribution in [0.2, 0.25) is 0 Å². The Morgan fingerprint density at radius 3 is 2.19 bits per heavy atom. The molecule has 0 N–H and O–H groups in total. The van der Waals surface area contributed by atoms with Crippen molar-refractivity contribution in [2.75, 3.05) is 6.26 Å². The molecule has 2 aromatic rings. The zero-order valence-electron chi connectivity index (χ0n) is 12.0. The van der Waals surface area contributed by atoms with E-state index in [-0.39, 0.29) is 6.10 Å². The second-order valence-electron chi connectivity index (χ2n) is 4.80. The van der Waals surface area contributed by atoms with Gasteiger partial charge in [-0.05, 0) is 30.2 Å². The maximum atomic E-state index is 11.0. The van der Waals surface area contributed by atoms with E-state index in [4.69, 9.17) is 8.92 Å². The van der Waals surface area contributed by atoms with Crippen LogP contribution in [0.1, 0.15) is 24.2 Å². The fraction of sp³-hybridized carbons (Fsp3) is 0.250. The first-order valence-electron chi connectivity index (χ1n) is 6.59. The fourth-order valence-corrected chi connectivity index (χ4v) is 2.32. The number of ether oxygens (including phenoxy) is 1. The topological polar surface area (TPSA) is 52.6 Å². The Hall–Kier alpha value is -1.85. The summed E-state index contributed by atoms with van der Waals surface area (Å²) in [6, 6.07) is 16.8. The molecule has 0 radical (unpaired) electrons. The van der Waals surface area contributed by atoms with Crippen molar-refractivity contribution in [2.45, 2.75) is 19.6 Å². The van der Waals surface area contributed by atoms with E-state index < -0.39 is 10.1 Å². The van der Waals surface area contributed by atoms with Gasteiger partial charge in [0.25, 0.3) is 0 Å². The quantitative estimate of drug-likeness (QED) is 0.768. The molecule has 0 bridgehead atoms. The third kappa shape index (κ3) is 5.21. The smallest absolute Gasteiger partial charge is 0.306 e. The molecule has 1 unspecified atom stereocenters. The Labute approximate surface area is 125 Å². The molecule has 0 saturated heterocycles. The number of hydrogen-bond donors (Lipinski definition) is 0. The van der Waals surface area contributed by atoms with Gasteiger partial charge in [0.05, 0.1) is 19.0 Å². The SMILES string of the molecule is CC(OCc1ccccc1)c1ccc(OS(C)(=O)=O)cc1. The highest BCUT2D eigenvalue weighted by Gasteiger charge is 2.08. The van der Waals surface area contributed by atoms with Crippen LogP contribution in [0.5, 0.6) is 5.75 Å². The summed E-state index contributed by atoms with van der Waals surface area (Å²) < 4.78 is 32.7. The molecule has 0 fully saturated rings. The third-order valence-corrected chi connectivity index (χ3v) is 3.44. The van der Waals surface area contributed by atoms with Crippen LogP contribution in [0.3, 0.4) is 0 Å². The Kier molecular flexibility index (Phi) is 4.98. The van der Waals surface area contributed by atoms with Gasteiger partial charge in [0.2, 0.25) is 0 Å². The summed E-state index contributed by atoms with van der Waals surface area (Å²) in [7, 11) is -3.49. The van der Waals surface area contributed by atoms with Crippen LogP contribution in [0.25, 0.3) is 0 Å². The predicted octanol–water partition coefficient (Wildman–Crippen LogP) is 3.30. The van der Waals surface area contributed by atoms with E-state index in [9.17, 15) is 8.42 Å². The molecule has 21 heavy (non-hydrogen) atoms. The first-order valence-corrected chi connectivity index (χ1v) is 8.40. The van der Waals surface area contributed by atoms with Crippen molar-refractivity contribution in [3.8, 4) is 5.75 Å². The van der Waals surface area contributed by atoms with Crippen LogP contribution in [0, 0.1) is 0 Å². The lowest BCUT2D eigenvalue weighted by atomic mass is 10.1. The molecule has 0 aliphatic rings. The molecular formula is C16H18O4S. The van der Waals surface area contributed by atoms with Gasteiger partial charge in [0.15, 0.2) is 0 Å². The van der Waals surface area contributed by atoms with Gasteiger partial charge in [0.1, 0.15) is 5.75 Å². The fourth-order valence-electron chi connectivity index (χ4n) is 1.86. The van der Waals surface area contributed by atoms with Crippen LogP contribution in [0.15, 0.2) is 54.6 Å². The van der Waals surface area contributed by atoms with E-state index in [1.165, 1.54) is 0 Å². The summed E-state index contributed by atoms with van der Waals surface area (Å²) in [5, 5.41) is 0. The lowest BCUT2D eigenvalue weighted by molar-refractivity contribution is 0.0525. The van der Waals surface area contributed by atoms with Gasteiger partial charge >= 0.3 is 10.1 Å². The van der Waals surface area contributed by atoms with Crippen LogP contribution >= 0.6 is 0 Å². The molecule has 0 spiro atoms. The Balaban J connectivity index is 1.95. The molecule has 4 nitrogen and oxygen atoms in total. The van der Waals surface area contributed by atoms with Gasteiger partial charge in [-0.3, -0.25) is 0 Å². The molecule has 0 saturated carbocycles. The van der Waals surface area contributed by atoms with Crippen molar-refractivity contribution in [2.24, 2.45) is 0 Å². The molecule has 0 aliphatic heterocycles. The van der Waals surface area contributed by atoms with Crippen LogP contribution in [-0.4, -0.2) is 14.7 Å². The second kappa shape index (κ2) is 6.74. The highest BCUT2D eigenvalue weighted by Crippen LogP contribution is 2.22. The minimum atomic E-state index is -3.49. The Bertz CT molecular complexity index is 663. The summed E-state index contributed by atoms with van der Waals surface area (Å²) in [5.41, 5.74) is 2.08. The standard InChI is InChI=1S/C16H18O4S/c1-13(19-12-14-6-4-3-5-7-14)15-8-10-16(11-9-15)20-21(2,17)18/h3-11,13H,12H2,1-2H3. The minimum Gasteiger partial charge on any atom is -0.383 e. The molecule has 0 amide bonds. The average molecular weight is 306 g/mol. The predicted molar refractivity (Wildman–Crippen MR) is 81.6 cm³/mol. The number of hydrogen-bond acceptors (Lipinski definition) is 4. The van der Waals surface area contributed by atoms with Crippen molar-refractivity contribution in [1.29, 1.82) is 0 Å². The van der Waals surface area contributed by atoms with E-state index in [1.54, 1.807) is 24.3 Å². The monoisotopic (exact) mass is 306 g/mol. The van der Waals surface area contributed by atoms with Gasteiger partial charge in [0, 0.05) is 0 Å². The van der Waals surface area contributed by atoms with Crippen molar-refractivity contribution in [3.63, 3.8) is 0 Å². The summed E-state index contributed by atoms with van der Waals surface area (Å²) in [4.78, 5) is 0. The molecule has 2 aromatic carbocycles. The molecule has 5 heteroatoms. The van der Waals surface area contributed by atoms with E-state index in [0.717, 1.165) is 17.4 Å². The van der Waals surface area contributed by atoms with Crippen molar-refractivity contribution in [1.82, 2.24) is 0 Å². The van der Waals surface area contributed by atoms with E-state index in [0.29, 0.717) is 12.4 Å². The third-order valence-electron chi connectivity index (χ3n) is 2.94. The van der Waals surface area contributed by atoms with Gasteiger partial charge in [-0.2, -0.15) is 8.42 Å². The normalized spacial score (nSPS) is 12.9. The Morgan fingerprint density at radius 2 is 1.62 bits per heavy atom. The maximum Gasteiger partial charge on any atom is 0.306 e. The van der Waals surface area contributed by atoms with Gasteiger partial charge in [-0.1, -0.05) is 42.5 Å². The van der Waals surface area contributed by atoms with Gasteiger partial charge < -0.3 is 8.92 Å². The highest BCUT2D eigenvalue weighted by atomic mass is 32.2. The van der Waals surface area contributed by atoms with Gasteiger partial charge in [-0.15, -0.1) is 0 Å². The van der Waals surface area contributed by atoms with E-state index in [2.05, 4.69) is 0 Å². The van der Waals surface area contributed by atoms with Crippen LogP contribution in [0.4, 0.5) is 0 Å². The second-order valence-corrected chi connectivity index (χ2v) is 6.37. The molecule has 2 rings (SSSR count). The summed E-state index contributed by atoms with van der Waals surface area (Å²) in [5.74, 6) is 0.302. The maximum absolute atomic E-state index is 11.0. The summed E-state index contributed by atoms with van der Waals surface area (Å²) in [6.07, 6.45) is 0.935. The summed E-state index contributed by atoms with van der Waals surface area (Å²) in [6.45, 7) is 2.49. The summed E-state index contributed by atoms with van der Waals surface area (Å²) >= 11 is 0. The average Bonchev–Trinajstić information content (AvgIpc) is 2.45. The number of benzene rings is 2. The van der Waals surface area contributed by atoms with Crippen molar-refractivity contribution in [3.05, 3.63) is 65.7 Å². The highest BCUT2D eigenvalue weighted by molar-refractivity contribution is 7.86. The van der Waals surface area contributed by atoms with E-state index >= 15 is 0 Å². The molecule has 0 aliphatic carbocycles. The molecule has 0 heterocycles. The molecule has 1 atom stereocenters. The lowest BCUT2D eigenvalue weighted by Crippen LogP contribution is -2.06. The van der Waals surface area contributed by atoms with Crippen LogP contribution < -0.4 is 4.18 Å². The first-order chi connectivity index (χ1) is 9.94. The van der Waals surface area contributed by atoms with Crippen molar-refractivity contribution < 1.29 is 17.3 Å².